The minimum Gasteiger partial charge on any atom is -0.462 e. The highest BCUT2D eigenvalue weighted by Crippen LogP contribution is 2.21. The van der Waals surface area contributed by atoms with Crippen LogP contribution in [-0.2, 0) is 9.47 Å². The average Bonchev–Trinajstić information content (AvgIpc) is 3.09. The van der Waals surface area contributed by atoms with Crippen LogP contribution in [0.15, 0.2) is 24.5 Å². The number of nitrogens with zero attached hydrogens (tertiary/aromatic N) is 3. The second-order valence-corrected chi connectivity index (χ2v) is 4.59. The maximum Gasteiger partial charge on any atom is 0.341 e. The summed E-state index contributed by atoms with van der Waals surface area (Å²) in [7, 11) is 0. The van der Waals surface area contributed by atoms with Crippen LogP contribution in [-0.4, -0.2) is 48.5 Å². The maximum absolute atomic E-state index is 11.9. The van der Waals surface area contributed by atoms with Gasteiger partial charge in [-0.2, -0.15) is 5.10 Å². The van der Waals surface area contributed by atoms with Gasteiger partial charge in [0.1, 0.15) is 5.56 Å². The van der Waals surface area contributed by atoms with Gasteiger partial charge in [0.15, 0.2) is 0 Å². The Labute approximate surface area is 144 Å². The number of fused-ring (bicyclic) bond motifs is 1. The molecule has 1 aliphatic rings. The van der Waals surface area contributed by atoms with E-state index in [-0.39, 0.29) is 5.97 Å². The van der Waals surface area contributed by atoms with Gasteiger partial charge >= 0.3 is 5.97 Å². The highest BCUT2D eigenvalue weighted by atomic mass is 16.5. The van der Waals surface area contributed by atoms with Crippen molar-refractivity contribution in [3.63, 3.8) is 0 Å². The number of carbonyl (C=O) groups is 1. The van der Waals surface area contributed by atoms with Gasteiger partial charge in [0.25, 0.3) is 0 Å². The van der Waals surface area contributed by atoms with Gasteiger partial charge in [-0.3, -0.25) is 0 Å². The van der Waals surface area contributed by atoms with Crippen molar-refractivity contribution in [2.45, 2.75) is 34.6 Å². The van der Waals surface area contributed by atoms with Crippen molar-refractivity contribution in [3.05, 3.63) is 30.1 Å². The summed E-state index contributed by atoms with van der Waals surface area (Å²) in [6.45, 7) is 13.3. The van der Waals surface area contributed by atoms with Crippen LogP contribution < -0.4 is 4.90 Å². The summed E-state index contributed by atoms with van der Waals surface area (Å²) >= 11 is 0. The first-order chi connectivity index (χ1) is 11.8. The number of ether oxygens (including phenoxy) is 2. The molecule has 6 heteroatoms. The lowest BCUT2D eigenvalue weighted by molar-refractivity contribution is 0.0528. The van der Waals surface area contributed by atoms with Crippen LogP contribution in [0.2, 0.25) is 0 Å². The first-order valence-electron chi connectivity index (χ1n) is 8.77. The molecule has 1 aliphatic heterocycles. The molecule has 1 fully saturated rings. The Bertz CT molecular complexity index is 619. The molecular formula is C18H29N3O3. The molecule has 2 aromatic rings. The molecular weight excluding hydrogens is 306 g/mol. The van der Waals surface area contributed by atoms with Crippen molar-refractivity contribution in [3.8, 4) is 0 Å². The van der Waals surface area contributed by atoms with Gasteiger partial charge in [-0.15, -0.1) is 0 Å². The number of anilines is 1. The second-order valence-electron chi connectivity index (χ2n) is 4.59. The first-order valence-corrected chi connectivity index (χ1v) is 8.77. The molecule has 6 nitrogen and oxygen atoms in total. The molecule has 0 aromatic carbocycles. The van der Waals surface area contributed by atoms with Crippen LogP contribution in [0.3, 0.4) is 0 Å². The number of hydrogen-bond donors (Lipinski definition) is 0. The first kappa shape index (κ1) is 20.0. The number of esters is 1. The predicted octanol–water partition coefficient (Wildman–Crippen LogP) is 3.40. The molecule has 3 rings (SSSR count). The molecule has 3 heterocycles. The van der Waals surface area contributed by atoms with E-state index in [4.69, 9.17) is 9.47 Å². The molecule has 0 atom stereocenters. The third-order valence-corrected chi connectivity index (χ3v) is 3.38. The van der Waals surface area contributed by atoms with Crippen LogP contribution in [0.4, 0.5) is 5.69 Å². The van der Waals surface area contributed by atoms with E-state index in [0.29, 0.717) is 12.2 Å². The Hall–Kier alpha value is -2.08. The largest absolute Gasteiger partial charge is 0.462 e. The summed E-state index contributed by atoms with van der Waals surface area (Å²) in [6, 6.07) is 3.98. The van der Waals surface area contributed by atoms with Crippen molar-refractivity contribution in [1.29, 1.82) is 0 Å². The van der Waals surface area contributed by atoms with Gasteiger partial charge in [0, 0.05) is 25.0 Å². The highest BCUT2D eigenvalue weighted by Gasteiger charge is 2.16. The monoisotopic (exact) mass is 335 g/mol. The Morgan fingerprint density at radius 2 is 1.92 bits per heavy atom. The third-order valence-electron chi connectivity index (χ3n) is 3.38. The van der Waals surface area contributed by atoms with Crippen molar-refractivity contribution < 1.29 is 14.3 Å². The predicted molar refractivity (Wildman–Crippen MR) is 96.9 cm³/mol. The minimum absolute atomic E-state index is 0.332. The Morgan fingerprint density at radius 3 is 2.54 bits per heavy atom. The topological polar surface area (TPSA) is 56.1 Å². The Kier molecular flexibility index (Phi) is 8.86. The molecule has 0 amide bonds. The van der Waals surface area contributed by atoms with Gasteiger partial charge in [0.2, 0.25) is 0 Å². The van der Waals surface area contributed by atoms with Gasteiger partial charge in [-0.25, -0.2) is 9.31 Å². The van der Waals surface area contributed by atoms with Crippen LogP contribution >= 0.6 is 0 Å². The van der Waals surface area contributed by atoms with Gasteiger partial charge in [-0.05, 0) is 19.1 Å². The summed E-state index contributed by atoms with van der Waals surface area (Å²) in [5.74, 6) is -0.332. The van der Waals surface area contributed by atoms with Crippen LogP contribution in [0.25, 0.3) is 5.52 Å². The summed E-state index contributed by atoms with van der Waals surface area (Å²) < 4.78 is 12.1. The number of rotatable bonds is 3. The van der Waals surface area contributed by atoms with Crippen LogP contribution in [0.1, 0.15) is 45.0 Å². The zero-order chi connectivity index (χ0) is 17.9. The lowest BCUT2D eigenvalue weighted by atomic mass is 10.2. The van der Waals surface area contributed by atoms with Crippen LogP contribution in [0.5, 0.6) is 0 Å². The molecule has 0 radical (unpaired) electrons. The zero-order valence-corrected chi connectivity index (χ0v) is 15.4. The lowest BCUT2D eigenvalue weighted by Crippen LogP contribution is -2.36. The van der Waals surface area contributed by atoms with E-state index in [0.717, 1.165) is 37.5 Å². The molecule has 0 unspecified atom stereocenters. The molecule has 1 saturated heterocycles. The van der Waals surface area contributed by atoms with E-state index in [2.05, 4.69) is 10.00 Å². The third kappa shape index (κ3) is 4.71. The van der Waals surface area contributed by atoms with Crippen molar-refractivity contribution in [2.24, 2.45) is 0 Å². The molecule has 0 N–H and O–H groups in total. The highest BCUT2D eigenvalue weighted by molar-refractivity contribution is 5.97. The fourth-order valence-corrected chi connectivity index (χ4v) is 2.35. The maximum atomic E-state index is 11.9. The van der Waals surface area contributed by atoms with E-state index in [1.165, 1.54) is 0 Å². The normalized spacial score (nSPS) is 13.5. The lowest BCUT2D eigenvalue weighted by Gasteiger charge is -2.28. The van der Waals surface area contributed by atoms with Crippen LogP contribution in [0, 0.1) is 0 Å². The summed E-state index contributed by atoms with van der Waals surface area (Å²) in [5.41, 5.74) is 2.35. The average molecular weight is 335 g/mol. The number of hydrogen-bond acceptors (Lipinski definition) is 5. The molecule has 134 valence electrons. The van der Waals surface area contributed by atoms with Crippen molar-refractivity contribution >= 4 is 17.2 Å². The Morgan fingerprint density at radius 1 is 1.25 bits per heavy atom. The molecule has 0 aliphatic carbocycles. The molecule has 24 heavy (non-hydrogen) atoms. The summed E-state index contributed by atoms with van der Waals surface area (Å²) in [5, 5.41) is 4.18. The standard InChI is InChI=1S/C14H17N3O3.2C2H6/c1-2-20-14(18)12-10-15-17-4-3-11(9-13(12)17)16-5-7-19-8-6-16;2*1-2/h3-4,9-10H,2,5-8H2,1H3;2*1-2H3. The smallest absolute Gasteiger partial charge is 0.341 e. The number of carbonyl (C=O) groups excluding carboxylic acids is 1. The van der Waals surface area contributed by atoms with E-state index in [9.17, 15) is 4.79 Å². The van der Waals surface area contributed by atoms with Gasteiger partial charge in [-0.1, -0.05) is 27.7 Å². The SMILES string of the molecule is CC.CC.CCOC(=O)c1cnn2ccc(N3CCOCC3)cc12. The molecule has 2 aromatic heterocycles. The molecule has 0 bridgehead atoms. The molecule has 0 saturated carbocycles. The summed E-state index contributed by atoms with van der Waals surface area (Å²) in [6.07, 6.45) is 3.42. The second kappa shape index (κ2) is 10.6. The van der Waals surface area contributed by atoms with E-state index < -0.39 is 0 Å². The quantitative estimate of drug-likeness (QED) is 0.805. The number of pyridine rings is 1. The van der Waals surface area contributed by atoms with E-state index >= 15 is 0 Å². The minimum atomic E-state index is -0.332. The van der Waals surface area contributed by atoms with Crippen molar-refractivity contribution in [1.82, 2.24) is 9.61 Å². The fourth-order valence-electron chi connectivity index (χ4n) is 2.35. The fraction of sp³-hybridized carbons (Fsp3) is 0.556. The number of aromatic nitrogens is 2. The molecule has 0 spiro atoms. The number of morpholine rings is 1. The van der Waals surface area contributed by atoms with Crippen molar-refractivity contribution in [2.75, 3.05) is 37.8 Å². The van der Waals surface area contributed by atoms with E-state index in [1.807, 2.05) is 46.0 Å². The summed E-state index contributed by atoms with van der Waals surface area (Å²) in [4.78, 5) is 14.1. The van der Waals surface area contributed by atoms with E-state index in [1.54, 1.807) is 17.6 Å². The zero-order valence-electron chi connectivity index (χ0n) is 15.4. The van der Waals surface area contributed by atoms with Gasteiger partial charge in [0.05, 0.1) is 31.5 Å². The Balaban J connectivity index is 0.000000671. The van der Waals surface area contributed by atoms with Gasteiger partial charge < -0.3 is 14.4 Å².